The second-order valence-electron chi connectivity index (χ2n) is 4.60. The normalized spacial score (nSPS) is 13.6. The van der Waals surface area contributed by atoms with Gasteiger partial charge in [0, 0.05) is 16.3 Å². The molecule has 0 saturated heterocycles. The summed E-state index contributed by atoms with van der Waals surface area (Å²) in [6.45, 7) is 0. The van der Waals surface area contributed by atoms with E-state index in [0.29, 0.717) is 11.4 Å². The molecule has 0 saturated carbocycles. The molecule has 0 atom stereocenters. The third kappa shape index (κ3) is 2.23. The van der Waals surface area contributed by atoms with E-state index >= 15 is 0 Å². The molecule has 1 nitrogen and oxygen atoms in total. The summed E-state index contributed by atoms with van der Waals surface area (Å²) in [6, 6.07) is 9.63. The SMILES string of the molecule is O=C(Cc1ccccc1Cl)c1cc2c(s1)CCC2. The van der Waals surface area contributed by atoms with Crippen LogP contribution in [0.2, 0.25) is 5.02 Å². The number of carbonyl (C=O) groups is 1. The van der Waals surface area contributed by atoms with E-state index in [1.807, 2.05) is 24.3 Å². The Balaban J connectivity index is 1.81. The summed E-state index contributed by atoms with van der Waals surface area (Å²) in [5.41, 5.74) is 2.29. The first-order valence-electron chi connectivity index (χ1n) is 6.12. The smallest absolute Gasteiger partial charge is 0.177 e. The highest BCUT2D eigenvalue weighted by atomic mass is 35.5. The summed E-state index contributed by atoms with van der Waals surface area (Å²) < 4.78 is 0. The van der Waals surface area contributed by atoms with Crippen molar-refractivity contribution in [3.05, 3.63) is 56.2 Å². The number of Topliss-reactive ketones (excluding diaryl/α,β-unsaturated/α-hetero) is 1. The third-order valence-electron chi connectivity index (χ3n) is 3.33. The molecule has 0 aliphatic heterocycles. The van der Waals surface area contributed by atoms with Crippen molar-refractivity contribution in [3.63, 3.8) is 0 Å². The Morgan fingerprint density at radius 1 is 1.28 bits per heavy atom. The number of aryl methyl sites for hydroxylation is 2. The Hall–Kier alpha value is -1.12. The number of carbonyl (C=O) groups excluding carboxylic acids is 1. The van der Waals surface area contributed by atoms with Crippen LogP contribution >= 0.6 is 22.9 Å². The van der Waals surface area contributed by atoms with Crippen LogP contribution < -0.4 is 0 Å². The van der Waals surface area contributed by atoms with E-state index in [0.717, 1.165) is 23.3 Å². The minimum absolute atomic E-state index is 0.183. The fourth-order valence-electron chi connectivity index (χ4n) is 2.37. The summed E-state index contributed by atoms with van der Waals surface area (Å²) in [7, 11) is 0. The highest BCUT2D eigenvalue weighted by Gasteiger charge is 2.18. The molecule has 2 aromatic rings. The van der Waals surface area contributed by atoms with Gasteiger partial charge in [0.2, 0.25) is 0 Å². The maximum atomic E-state index is 12.2. The van der Waals surface area contributed by atoms with Crippen molar-refractivity contribution >= 4 is 28.7 Å². The van der Waals surface area contributed by atoms with Crippen molar-refractivity contribution in [1.29, 1.82) is 0 Å². The van der Waals surface area contributed by atoms with E-state index in [1.165, 1.54) is 16.9 Å². The lowest BCUT2D eigenvalue weighted by Gasteiger charge is -2.01. The first-order chi connectivity index (χ1) is 8.74. The van der Waals surface area contributed by atoms with Crippen molar-refractivity contribution in [2.75, 3.05) is 0 Å². The summed E-state index contributed by atoms with van der Waals surface area (Å²) in [4.78, 5) is 14.5. The Labute approximate surface area is 115 Å². The Kier molecular flexibility index (Phi) is 3.23. The second kappa shape index (κ2) is 4.87. The summed E-state index contributed by atoms with van der Waals surface area (Å²) in [5.74, 6) is 0.183. The summed E-state index contributed by atoms with van der Waals surface area (Å²) in [5, 5.41) is 0.676. The van der Waals surface area contributed by atoms with Gasteiger partial charge in [0.05, 0.1) is 4.88 Å². The van der Waals surface area contributed by atoms with Crippen LogP contribution in [0.15, 0.2) is 30.3 Å². The predicted molar refractivity (Wildman–Crippen MR) is 75.8 cm³/mol. The van der Waals surface area contributed by atoms with Gasteiger partial charge in [-0.05, 0) is 42.5 Å². The molecule has 1 aliphatic carbocycles. The number of benzene rings is 1. The standard InChI is InChI=1S/C15H13ClOS/c16-12-6-2-1-4-10(12)8-13(17)15-9-11-5-3-7-14(11)18-15/h1-2,4,6,9H,3,5,7-8H2. The topological polar surface area (TPSA) is 17.1 Å². The van der Waals surface area contributed by atoms with E-state index in [9.17, 15) is 4.79 Å². The van der Waals surface area contributed by atoms with Gasteiger partial charge in [-0.1, -0.05) is 29.8 Å². The molecule has 3 heteroatoms. The van der Waals surface area contributed by atoms with Crippen LogP contribution in [0, 0.1) is 0 Å². The molecule has 18 heavy (non-hydrogen) atoms. The van der Waals surface area contributed by atoms with Crippen molar-refractivity contribution in [2.24, 2.45) is 0 Å². The molecule has 0 spiro atoms. The van der Waals surface area contributed by atoms with Crippen LogP contribution in [0.1, 0.15) is 32.1 Å². The van der Waals surface area contributed by atoms with Crippen molar-refractivity contribution in [3.8, 4) is 0 Å². The molecule has 0 bridgehead atoms. The number of rotatable bonds is 3. The molecule has 0 unspecified atom stereocenters. The molecular formula is C15H13ClOS. The van der Waals surface area contributed by atoms with Crippen molar-refractivity contribution < 1.29 is 4.79 Å². The number of hydrogen-bond donors (Lipinski definition) is 0. The predicted octanol–water partition coefficient (Wildman–Crippen LogP) is 4.32. The van der Waals surface area contributed by atoms with Crippen LogP contribution in [0.4, 0.5) is 0 Å². The molecule has 1 aromatic carbocycles. The Morgan fingerprint density at radius 2 is 2.11 bits per heavy atom. The zero-order valence-corrected chi connectivity index (χ0v) is 11.5. The van der Waals surface area contributed by atoms with E-state index in [4.69, 9.17) is 11.6 Å². The fraction of sp³-hybridized carbons (Fsp3) is 0.267. The molecule has 92 valence electrons. The number of hydrogen-bond acceptors (Lipinski definition) is 2. The third-order valence-corrected chi connectivity index (χ3v) is 4.98. The first-order valence-corrected chi connectivity index (χ1v) is 7.31. The molecule has 0 amide bonds. The van der Waals surface area contributed by atoms with Gasteiger partial charge < -0.3 is 0 Å². The number of fused-ring (bicyclic) bond motifs is 1. The van der Waals surface area contributed by atoms with Crippen LogP contribution in [0.25, 0.3) is 0 Å². The van der Waals surface area contributed by atoms with Crippen LogP contribution in [0.3, 0.4) is 0 Å². The monoisotopic (exact) mass is 276 g/mol. The lowest BCUT2D eigenvalue weighted by molar-refractivity contribution is 0.0997. The Bertz CT molecular complexity index is 579. The number of ketones is 1. The molecule has 0 fully saturated rings. The molecular weight excluding hydrogens is 264 g/mol. The van der Waals surface area contributed by atoms with Gasteiger partial charge in [-0.25, -0.2) is 0 Å². The van der Waals surface area contributed by atoms with Gasteiger partial charge in [0.15, 0.2) is 5.78 Å². The number of thiophene rings is 1. The molecule has 0 radical (unpaired) electrons. The summed E-state index contributed by atoms with van der Waals surface area (Å²) >= 11 is 7.74. The zero-order valence-electron chi connectivity index (χ0n) is 9.91. The Morgan fingerprint density at radius 3 is 2.89 bits per heavy atom. The minimum Gasteiger partial charge on any atom is -0.293 e. The highest BCUT2D eigenvalue weighted by Crippen LogP contribution is 2.31. The molecule has 1 heterocycles. The molecule has 1 aromatic heterocycles. The van der Waals surface area contributed by atoms with Gasteiger partial charge >= 0.3 is 0 Å². The van der Waals surface area contributed by atoms with E-state index in [-0.39, 0.29) is 5.78 Å². The zero-order chi connectivity index (χ0) is 12.5. The molecule has 3 rings (SSSR count). The lowest BCUT2D eigenvalue weighted by Crippen LogP contribution is -2.01. The quantitative estimate of drug-likeness (QED) is 0.763. The van der Waals surface area contributed by atoms with Gasteiger partial charge in [-0.3, -0.25) is 4.79 Å². The van der Waals surface area contributed by atoms with Crippen molar-refractivity contribution in [1.82, 2.24) is 0 Å². The van der Waals surface area contributed by atoms with Gasteiger partial charge in [0.1, 0.15) is 0 Å². The van der Waals surface area contributed by atoms with Crippen LogP contribution in [-0.4, -0.2) is 5.78 Å². The molecule has 1 aliphatic rings. The second-order valence-corrected chi connectivity index (χ2v) is 6.15. The first kappa shape index (κ1) is 11.9. The van der Waals surface area contributed by atoms with E-state index in [2.05, 4.69) is 6.07 Å². The van der Waals surface area contributed by atoms with Gasteiger partial charge in [0.25, 0.3) is 0 Å². The maximum absolute atomic E-state index is 12.2. The van der Waals surface area contributed by atoms with Crippen LogP contribution in [0.5, 0.6) is 0 Å². The number of halogens is 1. The average Bonchev–Trinajstić information content (AvgIpc) is 2.92. The van der Waals surface area contributed by atoms with E-state index < -0.39 is 0 Å². The maximum Gasteiger partial charge on any atom is 0.177 e. The summed E-state index contributed by atoms with van der Waals surface area (Å²) in [6.07, 6.45) is 3.91. The minimum atomic E-state index is 0.183. The van der Waals surface area contributed by atoms with Gasteiger partial charge in [-0.2, -0.15) is 0 Å². The fourth-order valence-corrected chi connectivity index (χ4v) is 3.76. The van der Waals surface area contributed by atoms with Gasteiger partial charge in [-0.15, -0.1) is 11.3 Å². The van der Waals surface area contributed by atoms with Crippen LogP contribution in [-0.2, 0) is 19.3 Å². The van der Waals surface area contributed by atoms with E-state index in [1.54, 1.807) is 11.3 Å². The molecule has 0 N–H and O–H groups in total. The van der Waals surface area contributed by atoms with Crippen molar-refractivity contribution in [2.45, 2.75) is 25.7 Å². The largest absolute Gasteiger partial charge is 0.293 e. The lowest BCUT2D eigenvalue weighted by atomic mass is 10.1. The average molecular weight is 277 g/mol. The highest BCUT2D eigenvalue weighted by molar-refractivity contribution is 7.14.